The summed E-state index contributed by atoms with van der Waals surface area (Å²) in [6.07, 6.45) is -10.9. The molecule has 1 aliphatic carbocycles. The largest absolute Gasteiger partial charge is 0.435 e. The first-order chi connectivity index (χ1) is 17.6. The van der Waals surface area contributed by atoms with E-state index in [1.165, 1.54) is 25.1 Å². The van der Waals surface area contributed by atoms with Gasteiger partial charge in [-0.25, -0.2) is 4.39 Å². The summed E-state index contributed by atoms with van der Waals surface area (Å²) in [5, 5.41) is 7.43. The zero-order valence-corrected chi connectivity index (χ0v) is 20.2. The first-order valence-electron chi connectivity index (χ1n) is 11.1. The van der Waals surface area contributed by atoms with E-state index in [9.17, 15) is 40.3 Å². The minimum absolute atomic E-state index is 0.0389. The molecule has 1 aliphatic heterocycles. The molecule has 1 heterocycles. The summed E-state index contributed by atoms with van der Waals surface area (Å²) < 4.78 is 95.1. The minimum Gasteiger partial charge on any atom is -0.374 e. The van der Waals surface area contributed by atoms with Crippen molar-refractivity contribution in [2.24, 2.45) is 5.16 Å². The van der Waals surface area contributed by atoms with Gasteiger partial charge in [-0.15, -0.1) is 0 Å². The van der Waals surface area contributed by atoms with E-state index in [2.05, 4.69) is 10.5 Å². The molecule has 2 aromatic rings. The molecule has 0 spiro atoms. The summed E-state index contributed by atoms with van der Waals surface area (Å²) in [6, 6.07) is 6.38. The number of hydrogen-bond acceptors (Lipinski definition) is 4. The van der Waals surface area contributed by atoms with E-state index < -0.39 is 59.7 Å². The first-order valence-corrected chi connectivity index (χ1v) is 11.5. The van der Waals surface area contributed by atoms with Crippen LogP contribution in [-0.2, 0) is 15.2 Å². The van der Waals surface area contributed by atoms with Crippen LogP contribution < -0.4 is 10.6 Å². The molecule has 0 aromatic heterocycles. The number of oxime groups is 1. The van der Waals surface area contributed by atoms with Gasteiger partial charge in [-0.2, -0.15) is 26.3 Å². The number of nitrogens with zero attached hydrogens (tertiary/aromatic N) is 1. The van der Waals surface area contributed by atoms with Crippen molar-refractivity contribution in [3.05, 3.63) is 69.5 Å². The lowest BCUT2D eigenvalue weighted by atomic mass is 9.86. The smallest absolute Gasteiger partial charge is 0.374 e. The topological polar surface area (TPSA) is 79.8 Å². The Kier molecular flexibility index (Phi) is 6.87. The van der Waals surface area contributed by atoms with Crippen LogP contribution in [0, 0.1) is 12.7 Å². The Balaban J connectivity index is 1.46. The number of aryl methyl sites for hydroxylation is 1. The van der Waals surface area contributed by atoms with Gasteiger partial charge < -0.3 is 15.5 Å². The third-order valence-electron chi connectivity index (χ3n) is 6.40. The third kappa shape index (κ3) is 5.16. The van der Waals surface area contributed by atoms with Crippen LogP contribution in [0.25, 0.3) is 0 Å². The number of nitrogens with one attached hydrogen (secondary N) is 2. The Labute approximate surface area is 216 Å². The normalized spacial score (nSPS) is 20.4. The number of amides is 2. The van der Waals surface area contributed by atoms with Crippen molar-refractivity contribution in [2.45, 2.75) is 49.7 Å². The average molecular weight is 566 g/mol. The van der Waals surface area contributed by atoms with Crippen LogP contribution in [-0.4, -0.2) is 42.0 Å². The summed E-state index contributed by atoms with van der Waals surface area (Å²) >= 11 is 5.75. The summed E-state index contributed by atoms with van der Waals surface area (Å²) in [5.74, 6) is -2.77. The maximum Gasteiger partial charge on any atom is 0.435 e. The number of hydrogen-bond donors (Lipinski definition) is 2. The van der Waals surface area contributed by atoms with Crippen molar-refractivity contribution in [2.75, 3.05) is 6.54 Å². The van der Waals surface area contributed by atoms with Crippen LogP contribution in [0.1, 0.15) is 46.3 Å². The van der Waals surface area contributed by atoms with Crippen LogP contribution in [0.2, 0.25) is 5.02 Å². The molecule has 2 aliphatic rings. The van der Waals surface area contributed by atoms with Crippen LogP contribution in [0.3, 0.4) is 0 Å². The predicted molar refractivity (Wildman–Crippen MR) is 121 cm³/mol. The molecular weight excluding hydrogens is 547 g/mol. The number of alkyl halides is 6. The van der Waals surface area contributed by atoms with E-state index >= 15 is 0 Å². The molecule has 4 rings (SSSR count). The molecule has 204 valence electrons. The lowest BCUT2D eigenvalue weighted by Crippen LogP contribution is -2.50. The molecule has 38 heavy (non-hydrogen) atoms. The van der Waals surface area contributed by atoms with Gasteiger partial charge in [0.25, 0.3) is 11.5 Å². The van der Waals surface area contributed by atoms with Crippen molar-refractivity contribution < 1.29 is 45.2 Å². The third-order valence-corrected chi connectivity index (χ3v) is 6.62. The maximum atomic E-state index is 14.1. The van der Waals surface area contributed by atoms with Crippen LogP contribution >= 0.6 is 11.6 Å². The standard InChI is InChI=1S/C24H19ClF7N3O3/c1-12-6-13(2-3-17(12)20(37)33-11-19(36)34-21(4-5-21)23(27,28)29)18-10-22(38-35-18,24(30,31)32)14-7-15(25)9-16(26)8-14/h2-3,6-9H,4-5,10-11H2,1H3,(H,33,37)(H,34,36). The Hall–Kier alpha value is -3.35. The van der Waals surface area contributed by atoms with E-state index in [-0.39, 0.29) is 40.3 Å². The summed E-state index contributed by atoms with van der Waals surface area (Å²) in [7, 11) is 0. The molecular formula is C24H19ClF7N3O3. The molecule has 0 radical (unpaired) electrons. The van der Waals surface area contributed by atoms with Crippen molar-refractivity contribution in [3.8, 4) is 0 Å². The zero-order chi connectivity index (χ0) is 28.1. The van der Waals surface area contributed by atoms with E-state index in [4.69, 9.17) is 16.4 Å². The van der Waals surface area contributed by atoms with Gasteiger partial charge in [-0.05, 0) is 61.2 Å². The Morgan fingerprint density at radius 2 is 1.74 bits per heavy atom. The van der Waals surface area contributed by atoms with Crippen molar-refractivity contribution in [1.29, 1.82) is 0 Å². The van der Waals surface area contributed by atoms with Crippen LogP contribution in [0.4, 0.5) is 30.7 Å². The fourth-order valence-corrected chi connectivity index (χ4v) is 4.34. The molecule has 1 saturated carbocycles. The molecule has 2 amide bonds. The van der Waals surface area contributed by atoms with E-state index in [0.717, 1.165) is 12.1 Å². The van der Waals surface area contributed by atoms with Gasteiger partial charge in [0, 0.05) is 22.6 Å². The highest BCUT2D eigenvalue weighted by Crippen LogP contribution is 2.50. The monoisotopic (exact) mass is 565 g/mol. The second-order valence-corrected chi connectivity index (χ2v) is 9.57. The van der Waals surface area contributed by atoms with Gasteiger partial charge in [0.2, 0.25) is 5.91 Å². The number of benzene rings is 2. The summed E-state index contributed by atoms with van der Waals surface area (Å²) in [4.78, 5) is 29.3. The molecule has 1 fully saturated rings. The number of halogens is 8. The van der Waals surface area contributed by atoms with Gasteiger partial charge in [0.15, 0.2) is 0 Å². The van der Waals surface area contributed by atoms with Gasteiger partial charge in [0.1, 0.15) is 11.4 Å². The molecule has 0 saturated heterocycles. The van der Waals surface area contributed by atoms with Crippen molar-refractivity contribution in [3.63, 3.8) is 0 Å². The lowest BCUT2D eigenvalue weighted by molar-refractivity contribution is -0.275. The van der Waals surface area contributed by atoms with Crippen LogP contribution in [0.15, 0.2) is 41.6 Å². The minimum atomic E-state index is -4.99. The first kappa shape index (κ1) is 27.7. The van der Waals surface area contributed by atoms with Gasteiger partial charge in [-0.3, -0.25) is 9.59 Å². The van der Waals surface area contributed by atoms with Crippen molar-refractivity contribution in [1.82, 2.24) is 10.6 Å². The average Bonchev–Trinajstić information content (AvgIpc) is 3.43. The van der Waals surface area contributed by atoms with E-state index in [1.807, 2.05) is 5.32 Å². The SMILES string of the molecule is Cc1cc(C2=NOC(c3cc(F)cc(Cl)c3)(C(F)(F)F)C2)ccc1C(=O)NCC(=O)NC1(C(F)(F)F)CC1. The molecule has 0 bridgehead atoms. The Bertz CT molecular complexity index is 1300. The summed E-state index contributed by atoms with van der Waals surface area (Å²) in [5.41, 5.74) is -5.43. The quantitative estimate of drug-likeness (QED) is 0.466. The Morgan fingerprint density at radius 3 is 2.29 bits per heavy atom. The number of carbonyl (C=O) groups excluding carboxylic acids is 2. The van der Waals surface area contributed by atoms with Gasteiger partial charge >= 0.3 is 12.4 Å². The molecule has 1 atom stereocenters. The van der Waals surface area contributed by atoms with Gasteiger partial charge in [-0.1, -0.05) is 22.8 Å². The lowest BCUT2D eigenvalue weighted by Gasteiger charge is -2.29. The zero-order valence-electron chi connectivity index (χ0n) is 19.5. The predicted octanol–water partition coefficient (Wildman–Crippen LogP) is 5.31. The second kappa shape index (κ2) is 9.44. The second-order valence-electron chi connectivity index (χ2n) is 9.13. The number of rotatable bonds is 6. The van der Waals surface area contributed by atoms with Gasteiger partial charge in [0.05, 0.1) is 12.3 Å². The highest BCUT2D eigenvalue weighted by Gasteiger charge is 2.64. The van der Waals surface area contributed by atoms with E-state index in [1.54, 1.807) is 0 Å². The fourth-order valence-electron chi connectivity index (χ4n) is 4.11. The summed E-state index contributed by atoms with van der Waals surface area (Å²) in [6.45, 7) is 0.768. The molecule has 2 N–H and O–H groups in total. The molecule has 2 aromatic carbocycles. The Morgan fingerprint density at radius 1 is 1.05 bits per heavy atom. The van der Waals surface area contributed by atoms with Crippen molar-refractivity contribution >= 4 is 29.1 Å². The van der Waals surface area contributed by atoms with E-state index in [0.29, 0.717) is 6.07 Å². The molecule has 6 nitrogen and oxygen atoms in total. The molecule has 14 heteroatoms. The van der Waals surface area contributed by atoms with Crippen LogP contribution in [0.5, 0.6) is 0 Å². The fraction of sp³-hybridized carbons (Fsp3) is 0.375. The maximum absolute atomic E-state index is 14.1. The highest BCUT2D eigenvalue weighted by atomic mass is 35.5. The highest BCUT2D eigenvalue weighted by molar-refractivity contribution is 6.30. The molecule has 1 unspecified atom stereocenters. The number of carbonyl (C=O) groups is 2.